The molecule has 27 heavy (non-hydrogen) atoms. The van der Waals surface area contributed by atoms with Gasteiger partial charge in [0.05, 0.1) is 7.11 Å². The Morgan fingerprint density at radius 2 is 1.56 bits per heavy atom. The fourth-order valence-electron chi connectivity index (χ4n) is 3.39. The fraction of sp³-hybridized carbons (Fsp3) is 0.429. The summed E-state index contributed by atoms with van der Waals surface area (Å²) in [4.78, 5) is 2.50. The molecule has 6 heteroatoms. The van der Waals surface area contributed by atoms with Crippen LogP contribution in [0.25, 0.3) is 0 Å². The van der Waals surface area contributed by atoms with Crippen LogP contribution in [-0.4, -0.2) is 46.0 Å². The molecule has 5 nitrogen and oxygen atoms in total. The van der Waals surface area contributed by atoms with E-state index >= 15 is 0 Å². The molecule has 2 aromatic rings. The van der Waals surface area contributed by atoms with E-state index in [1.807, 2.05) is 13.8 Å². The first-order valence-electron chi connectivity index (χ1n) is 9.36. The maximum absolute atomic E-state index is 13.2. The molecule has 0 atom stereocenters. The molecule has 0 spiro atoms. The summed E-state index contributed by atoms with van der Waals surface area (Å²) >= 11 is 0. The molecule has 146 valence electrons. The van der Waals surface area contributed by atoms with Gasteiger partial charge in [-0.25, -0.2) is 8.42 Å². The highest BCUT2D eigenvalue weighted by molar-refractivity contribution is 7.89. The minimum atomic E-state index is -3.58. The molecule has 1 heterocycles. The molecule has 0 amide bonds. The zero-order chi connectivity index (χ0) is 19.6. The minimum absolute atomic E-state index is 0.258. The number of methoxy groups -OCH3 is 1. The maximum atomic E-state index is 13.2. The molecule has 1 aliphatic heterocycles. The van der Waals surface area contributed by atoms with Gasteiger partial charge >= 0.3 is 0 Å². The first-order chi connectivity index (χ1) is 12.9. The standard InChI is InChI=1S/C21H28N2O3S/c1-5-18-6-8-19(9-7-18)22-10-12-23(13-11-22)27(24,25)21-15-17(3)16(2)14-20(21)26-4/h6-9,14-15H,5,10-13H2,1-4H3. The Hall–Kier alpha value is -2.05. The van der Waals surface area contributed by atoms with E-state index in [0.717, 1.165) is 23.2 Å². The molecule has 0 bridgehead atoms. The summed E-state index contributed by atoms with van der Waals surface area (Å²) < 4.78 is 33.3. The van der Waals surface area contributed by atoms with Crippen molar-refractivity contribution in [3.05, 3.63) is 53.1 Å². The molecule has 0 N–H and O–H groups in total. The molecule has 1 aliphatic rings. The summed E-state index contributed by atoms with van der Waals surface area (Å²) in [5, 5.41) is 0. The molecule has 2 aromatic carbocycles. The Bertz CT molecular complexity index is 900. The quantitative estimate of drug-likeness (QED) is 0.788. The Kier molecular flexibility index (Phi) is 5.77. The minimum Gasteiger partial charge on any atom is -0.495 e. The average Bonchev–Trinajstić information content (AvgIpc) is 2.69. The van der Waals surface area contributed by atoms with Gasteiger partial charge in [0.1, 0.15) is 10.6 Å². The van der Waals surface area contributed by atoms with Crippen molar-refractivity contribution in [3.63, 3.8) is 0 Å². The summed E-state index contributed by atoms with van der Waals surface area (Å²) in [5.41, 5.74) is 4.42. The molecule has 0 aliphatic carbocycles. The van der Waals surface area contributed by atoms with Crippen molar-refractivity contribution in [1.29, 1.82) is 0 Å². The van der Waals surface area contributed by atoms with Gasteiger partial charge in [0.25, 0.3) is 0 Å². The second-order valence-electron chi connectivity index (χ2n) is 7.00. The Morgan fingerprint density at radius 3 is 2.11 bits per heavy atom. The van der Waals surface area contributed by atoms with Crippen LogP contribution in [0.15, 0.2) is 41.3 Å². The molecule has 1 saturated heterocycles. The second kappa shape index (κ2) is 7.90. The third-order valence-corrected chi connectivity index (χ3v) is 7.27. The zero-order valence-corrected chi connectivity index (χ0v) is 17.3. The first kappa shape index (κ1) is 19.7. The lowest BCUT2D eigenvalue weighted by atomic mass is 10.1. The second-order valence-corrected chi connectivity index (χ2v) is 8.90. The molecule has 0 radical (unpaired) electrons. The Balaban J connectivity index is 1.77. The van der Waals surface area contributed by atoms with Crippen LogP contribution in [0.4, 0.5) is 5.69 Å². The van der Waals surface area contributed by atoms with Gasteiger partial charge in [0.15, 0.2) is 0 Å². The van der Waals surface area contributed by atoms with Gasteiger partial charge in [-0.15, -0.1) is 0 Å². The fourth-order valence-corrected chi connectivity index (χ4v) is 5.04. The van der Waals surface area contributed by atoms with Crippen molar-refractivity contribution in [2.75, 3.05) is 38.2 Å². The van der Waals surface area contributed by atoms with Crippen molar-refractivity contribution in [3.8, 4) is 5.75 Å². The Morgan fingerprint density at radius 1 is 0.963 bits per heavy atom. The van der Waals surface area contributed by atoms with Gasteiger partial charge in [-0.1, -0.05) is 19.1 Å². The smallest absolute Gasteiger partial charge is 0.246 e. The summed E-state index contributed by atoms with van der Waals surface area (Å²) in [6.07, 6.45) is 1.02. The van der Waals surface area contributed by atoms with E-state index in [4.69, 9.17) is 4.74 Å². The highest BCUT2D eigenvalue weighted by Crippen LogP contribution is 2.30. The van der Waals surface area contributed by atoms with Crippen molar-refractivity contribution in [2.45, 2.75) is 32.1 Å². The molecule has 0 aromatic heterocycles. The SMILES string of the molecule is CCc1ccc(N2CCN(S(=O)(=O)c3cc(C)c(C)cc3OC)CC2)cc1. The number of sulfonamides is 1. The van der Waals surface area contributed by atoms with Crippen LogP contribution < -0.4 is 9.64 Å². The number of aryl methyl sites for hydroxylation is 3. The van der Waals surface area contributed by atoms with E-state index in [9.17, 15) is 8.42 Å². The predicted octanol–water partition coefficient (Wildman–Crippen LogP) is 3.39. The zero-order valence-electron chi connectivity index (χ0n) is 16.5. The lowest BCUT2D eigenvalue weighted by molar-refractivity contribution is 0.374. The van der Waals surface area contributed by atoms with Crippen molar-refractivity contribution in [2.24, 2.45) is 0 Å². The summed E-state index contributed by atoms with van der Waals surface area (Å²) in [5.74, 6) is 0.413. The van der Waals surface area contributed by atoms with Crippen LogP contribution in [0, 0.1) is 13.8 Å². The van der Waals surface area contributed by atoms with E-state index in [1.165, 1.54) is 12.7 Å². The Labute approximate surface area is 162 Å². The van der Waals surface area contributed by atoms with Crippen molar-refractivity contribution in [1.82, 2.24) is 4.31 Å². The van der Waals surface area contributed by atoms with Crippen LogP contribution >= 0.6 is 0 Å². The van der Waals surface area contributed by atoms with Crippen LogP contribution in [-0.2, 0) is 16.4 Å². The lowest BCUT2D eigenvalue weighted by Crippen LogP contribution is -2.48. The van der Waals surface area contributed by atoms with Gasteiger partial charge in [-0.2, -0.15) is 4.31 Å². The van der Waals surface area contributed by atoms with E-state index in [1.54, 1.807) is 16.4 Å². The number of hydrogen-bond acceptors (Lipinski definition) is 4. The largest absolute Gasteiger partial charge is 0.495 e. The first-order valence-corrected chi connectivity index (χ1v) is 10.8. The monoisotopic (exact) mass is 388 g/mol. The van der Waals surface area contributed by atoms with Gasteiger partial charge in [-0.3, -0.25) is 0 Å². The highest BCUT2D eigenvalue weighted by Gasteiger charge is 2.31. The van der Waals surface area contributed by atoms with Gasteiger partial charge in [0, 0.05) is 31.9 Å². The molecule has 0 unspecified atom stereocenters. The third-order valence-electron chi connectivity index (χ3n) is 5.35. The lowest BCUT2D eigenvalue weighted by Gasteiger charge is -2.35. The van der Waals surface area contributed by atoms with E-state index in [2.05, 4.69) is 36.1 Å². The van der Waals surface area contributed by atoms with Crippen molar-refractivity contribution < 1.29 is 13.2 Å². The normalized spacial score (nSPS) is 15.8. The van der Waals surface area contributed by atoms with Crippen LogP contribution in [0.5, 0.6) is 5.75 Å². The molecule has 0 saturated carbocycles. The number of hydrogen-bond donors (Lipinski definition) is 0. The number of piperazine rings is 1. The molecular weight excluding hydrogens is 360 g/mol. The molecule has 1 fully saturated rings. The molecular formula is C21H28N2O3S. The maximum Gasteiger partial charge on any atom is 0.246 e. The number of ether oxygens (including phenoxy) is 1. The van der Waals surface area contributed by atoms with E-state index in [-0.39, 0.29) is 4.90 Å². The van der Waals surface area contributed by atoms with Crippen LogP contribution in [0.2, 0.25) is 0 Å². The topological polar surface area (TPSA) is 49.9 Å². The number of anilines is 1. The van der Waals surface area contributed by atoms with Gasteiger partial charge < -0.3 is 9.64 Å². The summed E-state index contributed by atoms with van der Waals surface area (Å²) in [7, 11) is -2.06. The van der Waals surface area contributed by atoms with Crippen LogP contribution in [0.3, 0.4) is 0 Å². The number of rotatable bonds is 5. The average molecular weight is 389 g/mol. The predicted molar refractivity (Wildman–Crippen MR) is 109 cm³/mol. The van der Waals surface area contributed by atoms with E-state index < -0.39 is 10.0 Å². The van der Waals surface area contributed by atoms with Gasteiger partial charge in [0.2, 0.25) is 10.0 Å². The number of benzene rings is 2. The molecule has 3 rings (SSSR count). The summed E-state index contributed by atoms with van der Waals surface area (Å²) in [6.45, 7) is 8.31. The number of nitrogens with zero attached hydrogens (tertiary/aromatic N) is 2. The highest BCUT2D eigenvalue weighted by atomic mass is 32.2. The summed E-state index contributed by atoms with van der Waals surface area (Å²) in [6, 6.07) is 12.0. The van der Waals surface area contributed by atoms with Crippen LogP contribution in [0.1, 0.15) is 23.6 Å². The van der Waals surface area contributed by atoms with E-state index in [0.29, 0.717) is 31.9 Å². The van der Waals surface area contributed by atoms with Gasteiger partial charge in [-0.05, 0) is 61.2 Å². The van der Waals surface area contributed by atoms with Crippen molar-refractivity contribution >= 4 is 15.7 Å². The third kappa shape index (κ3) is 3.96.